The predicted molar refractivity (Wildman–Crippen MR) is 93.4 cm³/mol. The lowest BCUT2D eigenvalue weighted by molar-refractivity contribution is 0.564. The van der Waals surface area contributed by atoms with Crippen molar-refractivity contribution in [3.05, 3.63) is 71.4 Å². The number of anilines is 1. The third-order valence-electron chi connectivity index (χ3n) is 5.07. The van der Waals surface area contributed by atoms with Gasteiger partial charge in [-0.25, -0.2) is 4.98 Å². The molecule has 1 aliphatic heterocycles. The van der Waals surface area contributed by atoms with E-state index in [-0.39, 0.29) is 6.04 Å². The van der Waals surface area contributed by atoms with Crippen LogP contribution in [0.2, 0.25) is 0 Å². The van der Waals surface area contributed by atoms with Crippen molar-refractivity contribution in [2.24, 2.45) is 0 Å². The highest BCUT2D eigenvalue weighted by Crippen LogP contribution is 2.43. The second kappa shape index (κ2) is 4.98. The van der Waals surface area contributed by atoms with Crippen LogP contribution < -0.4 is 5.32 Å². The smallest absolute Gasteiger partial charge is 0.209 e. The summed E-state index contributed by atoms with van der Waals surface area (Å²) < 4.78 is 2.38. The molecule has 0 radical (unpaired) electrons. The molecule has 23 heavy (non-hydrogen) atoms. The number of para-hydroxylation sites is 2. The summed E-state index contributed by atoms with van der Waals surface area (Å²) in [6, 6.07) is 19.6. The Morgan fingerprint density at radius 3 is 2.61 bits per heavy atom. The fraction of sp³-hybridized carbons (Fsp3) is 0.250. The largest absolute Gasteiger partial charge is 0.329 e. The van der Waals surface area contributed by atoms with Crippen LogP contribution >= 0.6 is 0 Å². The number of allylic oxidation sites excluding steroid dienone is 2. The summed E-state index contributed by atoms with van der Waals surface area (Å²) in [5, 5.41) is 3.62. The van der Waals surface area contributed by atoms with Gasteiger partial charge in [-0.2, -0.15) is 0 Å². The molecular weight excluding hydrogens is 282 g/mol. The number of nitrogens with zero attached hydrogens (tertiary/aromatic N) is 2. The van der Waals surface area contributed by atoms with Gasteiger partial charge >= 0.3 is 0 Å². The van der Waals surface area contributed by atoms with Gasteiger partial charge in [0.15, 0.2) is 0 Å². The van der Waals surface area contributed by atoms with Gasteiger partial charge in [-0.15, -0.1) is 0 Å². The van der Waals surface area contributed by atoms with Crippen molar-refractivity contribution in [2.75, 3.05) is 5.32 Å². The Kier molecular flexibility index (Phi) is 2.80. The zero-order valence-corrected chi connectivity index (χ0v) is 13.0. The third kappa shape index (κ3) is 1.93. The van der Waals surface area contributed by atoms with Gasteiger partial charge in [-0.1, -0.05) is 42.5 Å². The molecule has 2 aliphatic rings. The first-order valence-electron chi connectivity index (χ1n) is 8.43. The molecule has 2 heterocycles. The van der Waals surface area contributed by atoms with Gasteiger partial charge in [0.25, 0.3) is 0 Å². The normalized spacial score (nSPS) is 20.1. The van der Waals surface area contributed by atoms with E-state index in [0.29, 0.717) is 0 Å². The monoisotopic (exact) mass is 301 g/mol. The number of nitrogens with one attached hydrogen (secondary N) is 1. The van der Waals surface area contributed by atoms with Crippen molar-refractivity contribution in [3.63, 3.8) is 0 Å². The molecule has 1 aromatic heterocycles. The minimum atomic E-state index is 0.273. The molecule has 0 bridgehead atoms. The quantitative estimate of drug-likeness (QED) is 0.694. The van der Waals surface area contributed by atoms with Crippen molar-refractivity contribution in [2.45, 2.75) is 31.7 Å². The minimum Gasteiger partial charge on any atom is -0.329 e. The Labute approximate surface area is 135 Å². The molecule has 0 spiro atoms. The molecule has 0 fully saturated rings. The molecule has 2 aromatic carbocycles. The molecule has 1 aliphatic carbocycles. The molecule has 1 atom stereocenters. The molecule has 1 N–H and O–H groups in total. The molecule has 0 saturated heterocycles. The van der Waals surface area contributed by atoms with Crippen molar-refractivity contribution in [3.8, 4) is 0 Å². The molecule has 114 valence electrons. The summed E-state index contributed by atoms with van der Waals surface area (Å²) in [7, 11) is 0. The highest BCUT2D eigenvalue weighted by molar-refractivity contribution is 5.80. The number of aromatic nitrogens is 2. The average molecular weight is 301 g/mol. The van der Waals surface area contributed by atoms with Crippen LogP contribution in [0.25, 0.3) is 11.0 Å². The van der Waals surface area contributed by atoms with Crippen molar-refractivity contribution >= 4 is 17.0 Å². The Morgan fingerprint density at radius 1 is 0.913 bits per heavy atom. The van der Waals surface area contributed by atoms with Gasteiger partial charge in [0.1, 0.15) is 0 Å². The number of hydrogen-bond acceptors (Lipinski definition) is 2. The number of imidazole rings is 1. The summed E-state index contributed by atoms with van der Waals surface area (Å²) >= 11 is 0. The van der Waals surface area contributed by atoms with Gasteiger partial charge < -0.3 is 5.32 Å². The van der Waals surface area contributed by atoms with Crippen LogP contribution in [-0.4, -0.2) is 9.55 Å². The second-order valence-corrected chi connectivity index (χ2v) is 6.44. The van der Waals surface area contributed by atoms with E-state index in [1.54, 1.807) is 0 Å². The summed E-state index contributed by atoms with van der Waals surface area (Å²) in [6.07, 6.45) is 4.87. The molecule has 3 nitrogen and oxygen atoms in total. The molecule has 5 rings (SSSR count). The Balaban J connectivity index is 1.80. The summed E-state index contributed by atoms with van der Waals surface area (Å²) in [6.45, 7) is 0. The van der Waals surface area contributed by atoms with E-state index < -0.39 is 0 Å². The van der Waals surface area contributed by atoms with E-state index in [9.17, 15) is 0 Å². The van der Waals surface area contributed by atoms with Crippen LogP contribution in [0, 0.1) is 0 Å². The lowest BCUT2D eigenvalue weighted by atomic mass is 9.86. The fourth-order valence-electron chi connectivity index (χ4n) is 4.04. The van der Waals surface area contributed by atoms with Crippen LogP contribution in [0.1, 0.15) is 37.3 Å². The molecule has 3 aromatic rings. The maximum absolute atomic E-state index is 4.84. The Morgan fingerprint density at radius 2 is 1.70 bits per heavy atom. The van der Waals surface area contributed by atoms with E-state index in [4.69, 9.17) is 4.98 Å². The zero-order chi connectivity index (χ0) is 15.2. The third-order valence-corrected chi connectivity index (χ3v) is 5.07. The highest BCUT2D eigenvalue weighted by atomic mass is 15.3. The summed E-state index contributed by atoms with van der Waals surface area (Å²) in [5.74, 6) is 0.987. The topological polar surface area (TPSA) is 29.9 Å². The van der Waals surface area contributed by atoms with Crippen molar-refractivity contribution in [1.29, 1.82) is 0 Å². The van der Waals surface area contributed by atoms with E-state index in [1.165, 1.54) is 41.6 Å². The van der Waals surface area contributed by atoms with Crippen LogP contribution in [-0.2, 0) is 0 Å². The van der Waals surface area contributed by atoms with Crippen molar-refractivity contribution < 1.29 is 0 Å². The SMILES string of the molecule is c1ccc([C@@H]2C3=C(CCCC3)Nc3nc4ccccc4n32)cc1. The molecule has 0 saturated carbocycles. The van der Waals surface area contributed by atoms with Gasteiger partial charge in [0.05, 0.1) is 17.1 Å². The van der Waals surface area contributed by atoms with E-state index in [0.717, 1.165) is 17.9 Å². The molecular formula is C20H19N3. The van der Waals surface area contributed by atoms with Gasteiger partial charge in [0, 0.05) is 5.70 Å². The first kappa shape index (κ1) is 12.9. The van der Waals surface area contributed by atoms with Crippen LogP contribution in [0.5, 0.6) is 0 Å². The van der Waals surface area contributed by atoms with E-state index >= 15 is 0 Å². The second-order valence-electron chi connectivity index (χ2n) is 6.44. The maximum atomic E-state index is 4.84. The van der Waals surface area contributed by atoms with Crippen LogP contribution in [0.15, 0.2) is 65.9 Å². The van der Waals surface area contributed by atoms with Crippen LogP contribution in [0.4, 0.5) is 5.95 Å². The first-order valence-corrected chi connectivity index (χ1v) is 8.43. The van der Waals surface area contributed by atoms with Crippen molar-refractivity contribution in [1.82, 2.24) is 9.55 Å². The Bertz CT molecular complexity index is 905. The standard InChI is InChI=1S/C20H19N3/c1-2-8-14(9-3-1)19-15-10-4-5-11-16(15)21-20-22-17-12-6-7-13-18(17)23(19)20/h1-3,6-9,12-13,19H,4-5,10-11H2,(H,21,22)/t19-/m1/s1. The number of benzene rings is 2. The fourth-order valence-corrected chi connectivity index (χ4v) is 4.04. The first-order chi connectivity index (χ1) is 11.4. The summed E-state index contributed by atoms with van der Waals surface area (Å²) in [5.41, 5.74) is 6.57. The lowest BCUT2D eigenvalue weighted by Crippen LogP contribution is -2.26. The van der Waals surface area contributed by atoms with Crippen LogP contribution in [0.3, 0.4) is 0 Å². The lowest BCUT2D eigenvalue weighted by Gasteiger charge is -2.34. The predicted octanol–water partition coefficient (Wildman–Crippen LogP) is 4.88. The molecule has 0 unspecified atom stereocenters. The van der Waals surface area contributed by atoms with Gasteiger partial charge in [-0.3, -0.25) is 4.57 Å². The summed E-state index contributed by atoms with van der Waals surface area (Å²) in [4.78, 5) is 4.84. The van der Waals surface area contributed by atoms with E-state index in [1.807, 2.05) is 0 Å². The molecule has 0 amide bonds. The average Bonchev–Trinajstić information content (AvgIpc) is 2.98. The molecule has 3 heteroatoms. The zero-order valence-electron chi connectivity index (χ0n) is 13.0. The maximum Gasteiger partial charge on any atom is 0.209 e. The number of fused-ring (bicyclic) bond motifs is 3. The van der Waals surface area contributed by atoms with E-state index in [2.05, 4.69) is 64.5 Å². The Hall–Kier alpha value is -2.55. The number of hydrogen-bond donors (Lipinski definition) is 1. The van der Waals surface area contributed by atoms with Gasteiger partial charge in [-0.05, 0) is 49.0 Å². The van der Waals surface area contributed by atoms with Gasteiger partial charge in [0.2, 0.25) is 5.95 Å². The highest BCUT2D eigenvalue weighted by Gasteiger charge is 2.32. The number of rotatable bonds is 1. The minimum absolute atomic E-state index is 0.273.